The molecule has 1 saturated heterocycles. The zero-order valence-corrected chi connectivity index (χ0v) is 20.3. The Kier molecular flexibility index (Phi) is 6.61. The molecule has 0 bridgehead atoms. The summed E-state index contributed by atoms with van der Waals surface area (Å²) in [5.41, 5.74) is 5.98. The van der Waals surface area contributed by atoms with Crippen LogP contribution in [0.5, 0.6) is 0 Å². The quantitative estimate of drug-likeness (QED) is 0.419. The molecule has 5 rings (SSSR count). The van der Waals surface area contributed by atoms with E-state index in [1.807, 2.05) is 12.3 Å². The van der Waals surface area contributed by atoms with E-state index in [0.29, 0.717) is 28.8 Å². The van der Waals surface area contributed by atoms with Gasteiger partial charge in [-0.25, -0.2) is 4.98 Å². The predicted molar refractivity (Wildman–Crippen MR) is 132 cm³/mol. The van der Waals surface area contributed by atoms with Crippen molar-refractivity contribution >= 4 is 16.9 Å². The number of rotatable bonds is 7. The number of benzene rings is 1. The zero-order chi connectivity index (χ0) is 24.4. The Labute approximate surface area is 203 Å². The van der Waals surface area contributed by atoms with Crippen LogP contribution in [0.4, 0.5) is 0 Å². The Hall–Kier alpha value is -3.56. The van der Waals surface area contributed by atoms with Gasteiger partial charge in [0, 0.05) is 50.0 Å². The van der Waals surface area contributed by atoms with E-state index in [1.165, 1.54) is 11.1 Å². The average molecular weight is 475 g/mol. The average Bonchev–Trinajstić information content (AvgIpc) is 3.48. The van der Waals surface area contributed by atoms with E-state index in [0.717, 1.165) is 49.1 Å². The van der Waals surface area contributed by atoms with Crippen molar-refractivity contribution in [3.63, 3.8) is 0 Å². The van der Waals surface area contributed by atoms with E-state index in [-0.39, 0.29) is 12.5 Å². The third kappa shape index (κ3) is 5.11. The number of fused-ring (bicyclic) bond motifs is 1. The van der Waals surface area contributed by atoms with E-state index in [2.05, 4.69) is 62.6 Å². The Morgan fingerprint density at radius 2 is 2.03 bits per heavy atom. The number of H-pyrrole nitrogens is 1. The molecule has 9 heteroatoms. The Bertz CT molecular complexity index is 1340. The number of carbonyl (C=O) groups is 1. The van der Waals surface area contributed by atoms with Crippen molar-refractivity contribution in [1.82, 2.24) is 30.3 Å². The van der Waals surface area contributed by atoms with Crippen LogP contribution < -0.4 is 5.32 Å². The molecule has 1 fully saturated rings. The lowest BCUT2D eigenvalue weighted by Crippen LogP contribution is -2.23. The van der Waals surface area contributed by atoms with Crippen molar-refractivity contribution in [3.05, 3.63) is 65.1 Å². The minimum atomic E-state index is -0.221. The van der Waals surface area contributed by atoms with Gasteiger partial charge in [0.2, 0.25) is 5.89 Å². The Morgan fingerprint density at radius 1 is 1.20 bits per heavy atom. The molecule has 0 unspecified atom stereocenters. The molecule has 0 radical (unpaired) electrons. The molecule has 1 aliphatic rings. The van der Waals surface area contributed by atoms with Crippen molar-refractivity contribution in [2.45, 2.75) is 38.8 Å². The summed E-state index contributed by atoms with van der Waals surface area (Å²) >= 11 is 0. The molecule has 1 amide bonds. The molecule has 1 aromatic carbocycles. The van der Waals surface area contributed by atoms with Crippen molar-refractivity contribution in [2.24, 2.45) is 0 Å². The second-order valence-electron chi connectivity index (χ2n) is 9.27. The van der Waals surface area contributed by atoms with Gasteiger partial charge in [-0.05, 0) is 61.7 Å². The molecule has 0 aliphatic carbocycles. The Morgan fingerprint density at radius 3 is 2.77 bits per heavy atom. The molecule has 3 aromatic heterocycles. The van der Waals surface area contributed by atoms with Gasteiger partial charge >= 0.3 is 0 Å². The molecule has 4 aromatic rings. The van der Waals surface area contributed by atoms with Crippen LogP contribution >= 0.6 is 0 Å². The number of nitrogens with zero attached hydrogens (tertiary/aromatic N) is 4. The number of aromatic amines is 1. The van der Waals surface area contributed by atoms with Gasteiger partial charge in [0.1, 0.15) is 5.65 Å². The molecular formula is C26H30N6O3. The summed E-state index contributed by atoms with van der Waals surface area (Å²) < 4.78 is 10.5. The number of nitrogens with one attached hydrogen (secondary N) is 2. The molecule has 2 N–H and O–H groups in total. The number of ether oxygens (including phenoxy) is 1. The molecule has 35 heavy (non-hydrogen) atoms. The largest absolute Gasteiger partial charge is 0.381 e. The van der Waals surface area contributed by atoms with Crippen LogP contribution in [0.3, 0.4) is 0 Å². The monoisotopic (exact) mass is 474 g/mol. The maximum absolute atomic E-state index is 12.9. The summed E-state index contributed by atoms with van der Waals surface area (Å²) in [6.45, 7) is 4.41. The van der Waals surface area contributed by atoms with Gasteiger partial charge in [-0.3, -0.25) is 4.79 Å². The maximum Gasteiger partial charge on any atom is 0.253 e. The van der Waals surface area contributed by atoms with E-state index >= 15 is 0 Å². The van der Waals surface area contributed by atoms with Crippen LogP contribution in [0.2, 0.25) is 0 Å². The number of hydrogen-bond donors (Lipinski definition) is 2. The first-order chi connectivity index (χ1) is 17.0. The summed E-state index contributed by atoms with van der Waals surface area (Å²) in [5.74, 6) is 1.20. The smallest absolute Gasteiger partial charge is 0.253 e. The molecule has 182 valence electrons. The van der Waals surface area contributed by atoms with Gasteiger partial charge in [0.15, 0.2) is 5.82 Å². The normalized spacial score (nSPS) is 14.6. The first-order valence-electron chi connectivity index (χ1n) is 11.9. The van der Waals surface area contributed by atoms with E-state index < -0.39 is 0 Å². The molecule has 9 nitrogen and oxygen atoms in total. The topological polar surface area (TPSA) is 109 Å². The lowest BCUT2D eigenvalue weighted by atomic mass is 9.86. The van der Waals surface area contributed by atoms with Crippen LogP contribution in [-0.4, -0.2) is 58.2 Å². The molecule has 0 atom stereocenters. The number of aromatic nitrogens is 4. The minimum Gasteiger partial charge on any atom is -0.381 e. The number of pyridine rings is 1. The van der Waals surface area contributed by atoms with Gasteiger partial charge in [-0.1, -0.05) is 17.3 Å². The highest BCUT2D eigenvalue weighted by molar-refractivity contribution is 6.06. The maximum atomic E-state index is 12.9. The van der Waals surface area contributed by atoms with Crippen molar-refractivity contribution in [3.8, 4) is 11.1 Å². The summed E-state index contributed by atoms with van der Waals surface area (Å²) in [6.07, 6.45) is 5.65. The molecule has 0 saturated carbocycles. The van der Waals surface area contributed by atoms with Gasteiger partial charge in [-0.2, -0.15) is 4.98 Å². The van der Waals surface area contributed by atoms with E-state index in [1.54, 1.807) is 13.1 Å². The molecule has 1 aliphatic heterocycles. The molecular weight excluding hydrogens is 444 g/mol. The molecule has 0 spiro atoms. The van der Waals surface area contributed by atoms with Crippen molar-refractivity contribution in [2.75, 3.05) is 27.3 Å². The standard InChI is InChI=1S/C26H30N6O3/c1-16-30-24(31-35-16)14-29-26(33)23-13-28-25-22(23)11-19(12-27-25)18-4-5-21(17-6-8-34-9-7-17)20(10-18)15-32(2)3/h4-5,10-13,17H,6-9,14-15H2,1-3H3,(H,27,28)(H,29,33). The van der Waals surface area contributed by atoms with Gasteiger partial charge in [0.05, 0.1) is 12.1 Å². The highest BCUT2D eigenvalue weighted by Crippen LogP contribution is 2.33. The molecule has 4 heterocycles. The summed E-state index contributed by atoms with van der Waals surface area (Å²) in [4.78, 5) is 26.9. The number of aryl methyl sites for hydroxylation is 1. The fraction of sp³-hybridized carbons (Fsp3) is 0.385. The first kappa shape index (κ1) is 23.2. The third-order valence-electron chi connectivity index (χ3n) is 6.38. The van der Waals surface area contributed by atoms with Crippen LogP contribution in [0.25, 0.3) is 22.2 Å². The highest BCUT2D eigenvalue weighted by atomic mass is 16.5. The minimum absolute atomic E-state index is 0.192. The lowest BCUT2D eigenvalue weighted by Gasteiger charge is -2.26. The Balaban J connectivity index is 1.43. The summed E-state index contributed by atoms with van der Waals surface area (Å²) in [7, 11) is 4.18. The summed E-state index contributed by atoms with van der Waals surface area (Å²) in [6, 6.07) is 8.71. The van der Waals surface area contributed by atoms with Crippen molar-refractivity contribution in [1.29, 1.82) is 0 Å². The number of carbonyl (C=O) groups excluding carboxylic acids is 1. The van der Waals surface area contributed by atoms with E-state index in [4.69, 9.17) is 9.26 Å². The van der Waals surface area contributed by atoms with Crippen LogP contribution in [0.1, 0.15) is 52.0 Å². The van der Waals surface area contributed by atoms with E-state index in [9.17, 15) is 4.79 Å². The van der Waals surface area contributed by atoms with Crippen LogP contribution in [0, 0.1) is 6.92 Å². The second kappa shape index (κ2) is 9.97. The second-order valence-corrected chi connectivity index (χ2v) is 9.27. The fourth-order valence-electron chi connectivity index (χ4n) is 4.69. The number of amides is 1. The summed E-state index contributed by atoms with van der Waals surface area (Å²) in [5, 5.41) is 7.45. The van der Waals surface area contributed by atoms with Crippen LogP contribution in [-0.2, 0) is 17.8 Å². The van der Waals surface area contributed by atoms with Gasteiger partial charge in [0.25, 0.3) is 5.91 Å². The highest BCUT2D eigenvalue weighted by Gasteiger charge is 2.20. The van der Waals surface area contributed by atoms with Crippen LogP contribution in [0.15, 0.2) is 41.2 Å². The predicted octanol–water partition coefficient (Wildman–Crippen LogP) is 3.81. The van der Waals surface area contributed by atoms with Crippen molar-refractivity contribution < 1.29 is 14.1 Å². The SMILES string of the molecule is Cc1nc(CNC(=O)c2c[nH]c3ncc(-c4ccc(C5CCOCC5)c(CN(C)C)c4)cc23)no1. The van der Waals surface area contributed by atoms with Gasteiger partial charge < -0.3 is 24.5 Å². The fourth-order valence-corrected chi connectivity index (χ4v) is 4.69. The first-order valence-corrected chi connectivity index (χ1v) is 11.9. The third-order valence-corrected chi connectivity index (χ3v) is 6.38. The lowest BCUT2D eigenvalue weighted by molar-refractivity contribution is 0.0850. The zero-order valence-electron chi connectivity index (χ0n) is 20.3. The van der Waals surface area contributed by atoms with Gasteiger partial charge in [-0.15, -0.1) is 0 Å². The number of hydrogen-bond acceptors (Lipinski definition) is 7.